The molecule has 0 saturated heterocycles. The first-order valence-electron chi connectivity index (χ1n) is 7.41. The monoisotopic (exact) mass is 358 g/mol. The van der Waals surface area contributed by atoms with Crippen LogP contribution in [-0.2, 0) is 6.42 Å². The smallest absolute Gasteiger partial charge is 0.263 e. The van der Waals surface area contributed by atoms with E-state index in [4.69, 9.17) is 11.6 Å². The van der Waals surface area contributed by atoms with E-state index in [1.807, 2.05) is 31.2 Å². The van der Waals surface area contributed by atoms with Crippen LogP contribution < -0.4 is 5.32 Å². The van der Waals surface area contributed by atoms with Gasteiger partial charge in [0.2, 0.25) is 0 Å². The molecule has 0 saturated carbocycles. The number of hydrogen-bond donors (Lipinski definition) is 1. The molecule has 0 spiro atoms. The summed E-state index contributed by atoms with van der Waals surface area (Å²) in [6.45, 7) is 2.35. The minimum absolute atomic E-state index is 0.130. The Balaban J connectivity index is 1.64. The summed E-state index contributed by atoms with van der Waals surface area (Å²) in [6, 6.07) is 9.36. The third-order valence-electron chi connectivity index (χ3n) is 3.35. The standard InChI is InChI=1S/C17H15ClN4OS/c1-11-14(24-17(22-11)15-19-7-3-8-20-15)16(23)21-9-6-12-4-2-5-13(18)10-12/h2-5,7-8,10H,6,9H2,1H3,(H,21,23). The van der Waals surface area contributed by atoms with Crippen LogP contribution in [0.3, 0.4) is 0 Å². The highest BCUT2D eigenvalue weighted by Crippen LogP contribution is 2.24. The van der Waals surface area contributed by atoms with E-state index in [0.717, 1.165) is 12.0 Å². The molecule has 3 aromatic rings. The molecule has 0 fully saturated rings. The number of amides is 1. The van der Waals surface area contributed by atoms with Crippen LogP contribution in [-0.4, -0.2) is 27.4 Å². The first-order chi connectivity index (χ1) is 11.6. The van der Waals surface area contributed by atoms with Crippen LogP contribution in [0, 0.1) is 6.92 Å². The lowest BCUT2D eigenvalue weighted by Gasteiger charge is -2.04. The number of benzene rings is 1. The molecule has 3 rings (SSSR count). The third kappa shape index (κ3) is 3.96. The average Bonchev–Trinajstić information content (AvgIpc) is 2.98. The molecule has 2 heterocycles. The molecular weight excluding hydrogens is 344 g/mol. The maximum atomic E-state index is 12.4. The Hall–Kier alpha value is -2.31. The van der Waals surface area contributed by atoms with Gasteiger partial charge in [0.05, 0.1) is 5.69 Å². The molecule has 24 heavy (non-hydrogen) atoms. The summed E-state index contributed by atoms with van der Waals surface area (Å²) < 4.78 is 0. The number of thiazole rings is 1. The first-order valence-corrected chi connectivity index (χ1v) is 8.60. The Kier molecular flexibility index (Phi) is 5.17. The van der Waals surface area contributed by atoms with Gasteiger partial charge in [-0.05, 0) is 37.1 Å². The van der Waals surface area contributed by atoms with E-state index in [0.29, 0.717) is 33.0 Å². The molecule has 0 aliphatic heterocycles. The first kappa shape index (κ1) is 16.5. The fourth-order valence-electron chi connectivity index (χ4n) is 2.21. The molecule has 1 N–H and O–H groups in total. The van der Waals surface area contributed by atoms with Crippen LogP contribution in [0.15, 0.2) is 42.7 Å². The minimum Gasteiger partial charge on any atom is -0.351 e. The topological polar surface area (TPSA) is 67.8 Å². The molecule has 1 aromatic carbocycles. The van der Waals surface area contributed by atoms with Gasteiger partial charge in [-0.3, -0.25) is 4.79 Å². The summed E-state index contributed by atoms with van der Waals surface area (Å²) in [7, 11) is 0. The molecule has 7 heteroatoms. The SMILES string of the molecule is Cc1nc(-c2ncccn2)sc1C(=O)NCCc1cccc(Cl)c1. The lowest BCUT2D eigenvalue weighted by Crippen LogP contribution is -2.25. The highest BCUT2D eigenvalue weighted by molar-refractivity contribution is 7.17. The number of rotatable bonds is 5. The Morgan fingerprint density at radius 2 is 2.04 bits per heavy atom. The number of nitrogens with zero attached hydrogens (tertiary/aromatic N) is 3. The molecule has 0 radical (unpaired) electrons. The number of carbonyl (C=O) groups is 1. The summed E-state index contributed by atoms with van der Waals surface area (Å²) in [6.07, 6.45) is 4.03. The van der Waals surface area contributed by atoms with Gasteiger partial charge in [-0.15, -0.1) is 11.3 Å². The zero-order valence-corrected chi connectivity index (χ0v) is 14.6. The predicted molar refractivity (Wildman–Crippen MR) is 95.4 cm³/mol. The fourth-order valence-corrected chi connectivity index (χ4v) is 3.35. The quantitative estimate of drug-likeness (QED) is 0.757. The van der Waals surface area contributed by atoms with Crippen LogP contribution in [0.2, 0.25) is 5.02 Å². The fraction of sp³-hybridized carbons (Fsp3) is 0.176. The van der Waals surface area contributed by atoms with Crippen LogP contribution in [0.4, 0.5) is 0 Å². The lowest BCUT2D eigenvalue weighted by atomic mass is 10.1. The zero-order valence-electron chi connectivity index (χ0n) is 13.0. The van der Waals surface area contributed by atoms with Crippen LogP contribution >= 0.6 is 22.9 Å². The van der Waals surface area contributed by atoms with Crippen LogP contribution in [0.1, 0.15) is 20.9 Å². The molecule has 1 amide bonds. The molecule has 5 nitrogen and oxygen atoms in total. The Bertz CT molecular complexity index is 851. The highest BCUT2D eigenvalue weighted by Gasteiger charge is 2.17. The molecule has 0 atom stereocenters. The molecule has 2 aromatic heterocycles. The third-order valence-corrected chi connectivity index (χ3v) is 4.74. The second-order valence-electron chi connectivity index (χ2n) is 5.14. The van der Waals surface area contributed by atoms with E-state index in [2.05, 4.69) is 20.3 Å². The Morgan fingerprint density at radius 3 is 2.79 bits per heavy atom. The Labute approximate surface area is 148 Å². The summed E-state index contributed by atoms with van der Waals surface area (Å²) in [5, 5.41) is 4.27. The van der Waals surface area contributed by atoms with Gasteiger partial charge in [0.1, 0.15) is 4.88 Å². The van der Waals surface area contributed by atoms with Gasteiger partial charge in [0.25, 0.3) is 5.91 Å². The van der Waals surface area contributed by atoms with Gasteiger partial charge in [0.15, 0.2) is 10.8 Å². The second kappa shape index (κ2) is 7.51. The highest BCUT2D eigenvalue weighted by atomic mass is 35.5. The van der Waals surface area contributed by atoms with E-state index in [9.17, 15) is 4.79 Å². The minimum atomic E-state index is -0.130. The normalized spacial score (nSPS) is 10.6. The van der Waals surface area contributed by atoms with Gasteiger partial charge in [0, 0.05) is 24.0 Å². The summed E-state index contributed by atoms with van der Waals surface area (Å²) in [5.74, 6) is 0.401. The number of aryl methyl sites for hydroxylation is 1. The van der Waals surface area contributed by atoms with Crippen molar-refractivity contribution >= 4 is 28.8 Å². The lowest BCUT2D eigenvalue weighted by molar-refractivity contribution is 0.0957. The summed E-state index contributed by atoms with van der Waals surface area (Å²) in [4.78, 5) is 25.7. The van der Waals surface area contributed by atoms with Crippen molar-refractivity contribution in [3.63, 3.8) is 0 Å². The van der Waals surface area contributed by atoms with Crippen molar-refractivity contribution in [3.8, 4) is 10.8 Å². The Morgan fingerprint density at radius 1 is 1.25 bits per heavy atom. The van der Waals surface area contributed by atoms with Crippen LogP contribution in [0.5, 0.6) is 0 Å². The van der Waals surface area contributed by atoms with Crippen molar-refractivity contribution in [3.05, 3.63) is 63.9 Å². The summed E-state index contributed by atoms with van der Waals surface area (Å²) in [5.41, 5.74) is 1.77. The van der Waals surface area contributed by atoms with Gasteiger partial charge in [-0.2, -0.15) is 0 Å². The van der Waals surface area contributed by atoms with E-state index >= 15 is 0 Å². The van der Waals surface area contributed by atoms with Crippen molar-refractivity contribution < 1.29 is 4.79 Å². The van der Waals surface area contributed by atoms with E-state index in [1.165, 1.54) is 11.3 Å². The van der Waals surface area contributed by atoms with Crippen molar-refractivity contribution in [2.24, 2.45) is 0 Å². The number of hydrogen-bond acceptors (Lipinski definition) is 5. The number of aromatic nitrogens is 3. The van der Waals surface area contributed by atoms with E-state index in [1.54, 1.807) is 18.5 Å². The van der Waals surface area contributed by atoms with E-state index in [-0.39, 0.29) is 5.91 Å². The summed E-state index contributed by atoms with van der Waals surface area (Å²) >= 11 is 7.26. The average molecular weight is 359 g/mol. The molecule has 0 aliphatic rings. The maximum Gasteiger partial charge on any atom is 0.263 e. The van der Waals surface area contributed by atoms with Crippen molar-refractivity contribution in [2.75, 3.05) is 6.54 Å². The van der Waals surface area contributed by atoms with Crippen molar-refractivity contribution in [1.29, 1.82) is 0 Å². The van der Waals surface area contributed by atoms with Gasteiger partial charge in [-0.25, -0.2) is 15.0 Å². The van der Waals surface area contributed by atoms with Crippen molar-refractivity contribution in [2.45, 2.75) is 13.3 Å². The molecule has 0 aliphatic carbocycles. The maximum absolute atomic E-state index is 12.4. The van der Waals surface area contributed by atoms with Gasteiger partial charge in [-0.1, -0.05) is 23.7 Å². The predicted octanol–water partition coefficient (Wildman–Crippen LogP) is 3.53. The molecular formula is C17H15ClN4OS. The van der Waals surface area contributed by atoms with Gasteiger partial charge >= 0.3 is 0 Å². The number of halogens is 1. The molecule has 122 valence electrons. The van der Waals surface area contributed by atoms with Crippen molar-refractivity contribution in [1.82, 2.24) is 20.3 Å². The zero-order chi connectivity index (χ0) is 16.9. The molecule has 0 bridgehead atoms. The van der Waals surface area contributed by atoms with Gasteiger partial charge < -0.3 is 5.32 Å². The van der Waals surface area contributed by atoms with E-state index < -0.39 is 0 Å². The molecule has 0 unspecified atom stereocenters. The van der Waals surface area contributed by atoms with Crippen LogP contribution in [0.25, 0.3) is 10.8 Å². The number of nitrogens with one attached hydrogen (secondary N) is 1. The largest absolute Gasteiger partial charge is 0.351 e. The second-order valence-corrected chi connectivity index (χ2v) is 6.58. The number of carbonyl (C=O) groups excluding carboxylic acids is 1.